The molecule has 0 aliphatic heterocycles. The first-order valence-electron chi connectivity index (χ1n) is 5.66. The molecule has 0 aliphatic carbocycles. The minimum Gasteiger partial charge on any atom is -0.255 e. The zero-order valence-electron chi connectivity index (χ0n) is 9.55. The van der Waals surface area contributed by atoms with E-state index in [0.717, 1.165) is 17.6 Å². The van der Waals surface area contributed by atoms with Gasteiger partial charge in [-0.3, -0.25) is 9.97 Å². The van der Waals surface area contributed by atoms with Crippen LogP contribution in [0.2, 0.25) is 0 Å². The van der Waals surface area contributed by atoms with E-state index < -0.39 is 0 Å². The fourth-order valence-corrected chi connectivity index (χ4v) is 2.77. The monoisotopic (exact) mass is 240 g/mol. The summed E-state index contributed by atoms with van der Waals surface area (Å²) in [7, 11) is 0. The lowest BCUT2D eigenvalue weighted by Crippen LogP contribution is -1.84. The molecule has 3 rings (SSSR count). The Kier molecular flexibility index (Phi) is 2.61. The Morgan fingerprint density at radius 2 is 2.12 bits per heavy atom. The van der Waals surface area contributed by atoms with Gasteiger partial charge < -0.3 is 0 Å². The summed E-state index contributed by atoms with van der Waals surface area (Å²) in [5.74, 6) is 0. The van der Waals surface area contributed by atoms with Gasteiger partial charge >= 0.3 is 0 Å². The number of nitrogens with zero attached hydrogens (tertiary/aromatic N) is 2. The van der Waals surface area contributed by atoms with E-state index in [9.17, 15) is 0 Å². The molecule has 0 amide bonds. The van der Waals surface area contributed by atoms with Gasteiger partial charge in [-0.2, -0.15) is 0 Å². The number of thiophene rings is 1. The van der Waals surface area contributed by atoms with Gasteiger partial charge in [-0.1, -0.05) is 13.0 Å². The largest absolute Gasteiger partial charge is 0.255 e. The highest BCUT2D eigenvalue weighted by atomic mass is 32.1. The molecule has 3 aromatic rings. The van der Waals surface area contributed by atoms with Gasteiger partial charge in [0, 0.05) is 12.4 Å². The van der Waals surface area contributed by atoms with Gasteiger partial charge in [0.1, 0.15) is 0 Å². The Labute approximate surface area is 104 Å². The Morgan fingerprint density at radius 3 is 2.82 bits per heavy atom. The highest BCUT2D eigenvalue weighted by molar-refractivity contribution is 7.22. The van der Waals surface area contributed by atoms with E-state index in [-0.39, 0.29) is 0 Å². The van der Waals surface area contributed by atoms with Crippen molar-refractivity contribution in [2.24, 2.45) is 0 Å². The number of rotatable bonds is 2. The van der Waals surface area contributed by atoms with E-state index in [2.05, 4.69) is 41.2 Å². The smallest absolute Gasteiger partial charge is 0.0816 e. The molecule has 2 nitrogen and oxygen atoms in total. The minimum atomic E-state index is 1.03. The normalized spacial score (nSPS) is 10.9. The van der Waals surface area contributed by atoms with Crippen LogP contribution in [0.25, 0.3) is 20.8 Å². The predicted molar refractivity (Wildman–Crippen MR) is 72.2 cm³/mol. The second-order valence-corrected chi connectivity index (χ2v) is 4.99. The summed E-state index contributed by atoms with van der Waals surface area (Å²) >= 11 is 1.74. The Morgan fingerprint density at radius 1 is 1.18 bits per heavy atom. The number of hydrogen-bond donors (Lipinski definition) is 0. The maximum atomic E-state index is 4.50. The topological polar surface area (TPSA) is 25.8 Å². The summed E-state index contributed by atoms with van der Waals surface area (Å²) in [5.41, 5.74) is 3.35. The van der Waals surface area contributed by atoms with Gasteiger partial charge in [0.25, 0.3) is 0 Å². The van der Waals surface area contributed by atoms with Crippen molar-refractivity contribution in [2.75, 3.05) is 0 Å². The van der Waals surface area contributed by atoms with Crippen LogP contribution in [0.3, 0.4) is 0 Å². The van der Waals surface area contributed by atoms with E-state index >= 15 is 0 Å². The van der Waals surface area contributed by atoms with E-state index in [1.807, 2.05) is 18.5 Å². The molecule has 0 radical (unpaired) electrons. The van der Waals surface area contributed by atoms with Gasteiger partial charge in [-0.15, -0.1) is 11.3 Å². The van der Waals surface area contributed by atoms with E-state index in [1.54, 1.807) is 11.3 Å². The summed E-state index contributed by atoms with van der Waals surface area (Å²) in [6.07, 6.45) is 4.81. The molecule has 0 unspecified atom stereocenters. The van der Waals surface area contributed by atoms with Crippen molar-refractivity contribution in [3.05, 3.63) is 48.3 Å². The molecule has 0 aliphatic rings. The summed E-state index contributed by atoms with van der Waals surface area (Å²) in [4.78, 5) is 10.0. The first kappa shape index (κ1) is 10.4. The van der Waals surface area contributed by atoms with Crippen LogP contribution in [0.1, 0.15) is 12.5 Å². The number of fused-ring (bicyclic) bond motifs is 1. The quantitative estimate of drug-likeness (QED) is 0.678. The van der Waals surface area contributed by atoms with Crippen molar-refractivity contribution < 1.29 is 0 Å². The molecule has 3 heterocycles. The zero-order valence-corrected chi connectivity index (χ0v) is 10.4. The van der Waals surface area contributed by atoms with E-state index in [4.69, 9.17) is 0 Å². The third kappa shape index (κ3) is 1.94. The summed E-state index contributed by atoms with van der Waals surface area (Å²) in [5, 5.41) is 0. The van der Waals surface area contributed by atoms with Crippen LogP contribution >= 0.6 is 11.3 Å². The molecule has 0 saturated heterocycles. The van der Waals surface area contributed by atoms with Gasteiger partial charge in [0.15, 0.2) is 0 Å². The van der Waals surface area contributed by atoms with Crippen molar-refractivity contribution in [1.82, 2.24) is 9.97 Å². The van der Waals surface area contributed by atoms with Gasteiger partial charge in [0.2, 0.25) is 0 Å². The highest BCUT2D eigenvalue weighted by Gasteiger charge is 2.05. The molecule has 0 spiro atoms. The molecule has 0 fully saturated rings. The van der Waals surface area contributed by atoms with E-state index in [0.29, 0.717) is 0 Å². The molecule has 3 aromatic heterocycles. The van der Waals surface area contributed by atoms with E-state index in [1.165, 1.54) is 15.1 Å². The van der Waals surface area contributed by atoms with Crippen molar-refractivity contribution in [3.8, 4) is 10.6 Å². The molecule has 0 aromatic carbocycles. The van der Waals surface area contributed by atoms with Crippen molar-refractivity contribution in [2.45, 2.75) is 13.3 Å². The molecule has 3 heteroatoms. The molecule has 0 N–H and O–H groups in total. The Balaban J connectivity index is 2.07. The maximum absolute atomic E-state index is 4.50. The van der Waals surface area contributed by atoms with Gasteiger partial charge in [-0.25, -0.2) is 0 Å². The second kappa shape index (κ2) is 4.26. The van der Waals surface area contributed by atoms with Crippen molar-refractivity contribution in [3.63, 3.8) is 0 Å². The third-order valence-electron chi connectivity index (χ3n) is 2.77. The van der Waals surface area contributed by atoms with Crippen LogP contribution < -0.4 is 0 Å². The van der Waals surface area contributed by atoms with Gasteiger partial charge in [-0.05, 0) is 36.2 Å². The number of pyridine rings is 2. The third-order valence-corrected chi connectivity index (χ3v) is 3.88. The second-order valence-electron chi connectivity index (χ2n) is 3.90. The summed E-state index contributed by atoms with van der Waals surface area (Å²) in [6, 6.07) is 10.4. The molecule has 0 saturated carbocycles. The number of aromatic nitrogens is 2. The van der Waals surface area contributed by atoms with Crippen LogP contribution in [-0.4, -0.2) is 9.97 Å². The molecule has 84 valence electrons. The molecular formula is C14H12N2S. The Bertz CT molecular complexity index is 608. The van der Waals surface area contributed by atoms with Crippen LogP contribution in [0.4, 0.5) is 0 Å². The first-order chi connectivity index (χ1) is 8.36. The fraction of sp³-hybridized carbons (Fsp3) is 0.143. The predicted octanol–water partition coefficient (Wildman–Crippen LogP) is 3.92. The molecule has 0 bridgehead atoms. The van der Waals surface area contributed by atoms with Crippen LogP contribution in [0.15, 0.2) is 42.7 Å². The lowest BCUT2D eigenvalue weighted by molar-refractivity contribution is 1.11. The summed E-state index contributed by atoms with van der Waals surface area (Å²) in [6.45, 7) is 2.14. The fourth-order valence-electron chi connectivity index (χ4n) is 1.78. The first-order valence-corrected chi connectivity index (χ1v) is 6.48. The maximum Gasteiger partial charge on any atom is 0.0816 e. The van der Waals surface area contributed by atoms with Crippen LogP contribution in [0.5, 0.6) is 0 Å². The van der Waals surface area contributed by atoms with Gasteiger partial charge in [0.05, 0.1) is 20.8 Å². The lowest BCUT2D eigenvalue weighted by Gasteiger charge is -1.98. The van der Waals surface area contributed by atoms with Crippen LogP contribution in [-0.2, 0) is 6.42 Å². The summed E-state index contributed by atoms with van der Waals surface area (Å²) < 4.78 is 1.21. The van der Waals surface area contributed by atoms with Crippen molar-refractivity contribution >= 4 is 21.6 Å². The lowest BCUT2D eigenvalue weighted by atomic mass is 10.2. The van der Waals surface area contributed by atoms with Crippen LogP contribution in [0, 0.1) is 0 Å². The molecular weight excluding hydrogens is 228 g/mol. The SMILES string of the molecule is CCc1ccc(-c2cc3ncccc3s2)nc1. The number of hydrogen-bond acceptors (Lipinski definition) is 3. The standard InChI is InChI=1S/C14H12N2S/c1-2-10-5-6-11(16-9-10)14-8-12-13(17-14)4-3-7-15-12/h3-9H,2H2,1H3. The minimum absolute atomic E-state index is 1.03. The molecule has 0 atom stereocenters. The highest BCUT2D eigenvalue weighted by Crippen LogP contribution is 2.31. The number of aryl methyl sites for hydroxylation is 1. The zero-order chi connectivity index (χ0) is 11.7. The average molecular weight is 240 g/mol. The molecule has 17 heavy (non-hydrogen) atoms. The van der Waals surface area contributed by atoms with Crippen molar-refractivity contribution in [1.29, 1.82) is 0 Å². The Hall–Kier alpha value is -1.74. The average Bonchev–Trinajstić information content (AvgIpc) is 2.82.